The lowest BCUT2D eigenvalue weighted by atomic mass is 10.1. The molecule has 0 spiro atoms. The highest BCUT2D eigenvalue weighted by molar-refractivity contribution is 6.31. The summed E-state index contributed by atoms with van der Waals surface area (Å²) in [6, 6.07) is 7.40. The molecule has 0 atom stereocenters. The minimum Gasteiger partial charge on any atom is -0.350 e. The number of hydrogen-bond acceptors (Lipinski definition) is 4. The third-order valence-corrected chi connectivity index (χ3v) is 5.54. The lowest BCUT2D eigenvalue weighted by molar-refractivity contribution is 0.0952. The molecule has 3 heterocycles. The number of aromatic amines is 1. The van der Waals surface area contributed by atoms with Crippen LogP contribution in [0.1, 0.15) is 27.2 Å². The maximum atomic E-state index is 12.5. The first-order valence-electron chi connectivity index (χ1n) is 9.50. The van der Waals surface area contributed by atoms with Crippen molar-refractivity contribution >= 4 is 23.0 Å². The van der Waals surface area contributed by atoms with Crippen molar-refractivity contribution in [3.63, 3.8) is 0 Å². The summed E-state index contributed by atoms with van der Waals surface area (Å²) in [6.45, 7) is 6.77. The van der Waals surface area contributed by atoms with E-state index in [1.165, 1.54) is 10.6 Å². The van der Waals surface area contributed by atoms with Crippen LogP contribution in [0.2, 0.25) is 5.02 Å². The zero-order chi connectivity index (χ0) is 21.4. The number of nitrogens with zero attached hydrogens (tertiary/aromatic N) is 4. The second kappa shape index (κ2) is 7.79. The van der Waals surface area contributed by atoms with E-state index in [2.05, 4.69) is 20.5 Å². The molecule has 0 saturated heterocycles. The van der Waals surface area contributed by atoms with Crippen LogP contribution < -0.4 is 10.9 Å². The molecule has 30 heavy (non-hydrogen) atoms. The van der Waals surface area contributed by atoms with E-state index in [1.54, 1.807) is 17.1 Å². The van der Waals surface area contributed by atoms with Gasteiger partial charge in [0.2, 0.25) is 0 Å². The standard InChI is InChI=1S/C21H21ClN6O2/c1-12-4-5-15(8-13(12)2)19-25-21(30)18-9-16(11-28(18)26-19)20(29)23-6-7-27-14(3)17(22)10-24-27/h4-5,8-11H,6-7H2,1-3H3,(H,23,29)(H,25,26,30). The number of H-pyrrole nitrogens is 1. The fourth-order valence-corrected chi connectivity index (χ4v) is 3.32. The Kier molecular flexibility index (Phi) is 5.17. The molecule has 0 unspecified atom stereocenters. The number of rotatable bonds is 5. The number of fused-ring (bicyclic) bond motifs is 1. The molecule has 0 aliphatic heterocycles. The maximum absolute atomic E-state index is 12.5. The quantitative estimate of drug-likeness (QED) is 0.514. The molecule has 1 aromatic carbocycles. The average molecular weight is 425 g/mol. The van der Waals surface area contributed by atoms with Gasteiger partial charge in [-0.05, 0) is 44.0 Å². The zero-order valence-corrected chi connectivity index (χ0v) is 17.6. The van der Waals surface area contributed by atoms with Crippen LogP contribution in [-0.2, 0) is 6.54 Å². The van der Waals surface area contributed by atoms with Crippen molar-refractivity contribution in [1.82, 2.24) is 29.7 Å². The summed E-state index contributed by atoms with van der Waals surface area (Å²) in [5.74, 6) is 0.160. The lowest BCUT2D eigenvalue weighted by Gasteiger charge is -2.06. The summed E-state index contributed by atoms with van der Waals surface area (Å²) in [4.78, 5) is 27.8. The van der Waals surface area contributed by atoms with Crippen LogP contribution >= 0.6 is 11.6 Å². The first kappa shape index (κ1) is 19.9. The summed E-state index contributed by atoms with van der Waals surface area (Å²) < 4.78 is 3.16. The van der Waals surface area contributed by atoms with E-state index >= 15 is 0 Å². The number of carbonyl (C=O) groups excluding carboxylic acids is 1. The van der Waals surface area contributed by atoms with E-state index < -0.39 is 0 Å². The molecular weight excluding hydrogens is 404 g/mol. The van der Waals surface area contributed by atoms with Crippen LogP contribution in [0.5, 0.6) is 0 Å². The molecule has 0 bridgehead atoms. The van der Waals surface area contributed by atoms with Crippen molar-refractivity contribution in [3.05, 3.63) is 74.4 Å². The van der Waals surface area contributed by atoms with Gasteiger partial charge in [0.1, 0.15) is 5.52 Å². The first-order valence-corrected chi connectivity index (χ1v) is 9.87. The third-order valence-electron chi connectivity index (χ3n) is 5.17. The minimum absolute atomic E-state index is 0.288. The Hall–Kier alpha value is -3.39. The molecule has 0 aliphatic carbocycles. The Bertz CT molecular complexity index is 1320. The van der Waals surface area contributed by atoms with E-state index in [0.717, 1.165) is 22.4 Å². The number of aromatic nitrogens is 5. The van der Waals surface area contributed by atoms with Gasteiger partial charge in [0, 0.05) is 18.3 Å². The highest BCUT2D eigenvalue weighted by atomic mass is 35.5. The van der Waals surface area contributed by atoms with Crippen LogP contribution in [0.15, 0.2) is 41.5 Å². The van der Waals surface area contributed by atoms with Crippen LogP contribution in [0.4, 0.5) is 0 Å². The van der Waals surface area contributed by atoms with Crippen LogP contribution in [0.3, 0.4) is 0 Å². The van der Waals surface area contributed by atoms with Crippen molar-refractivity contribution in [2.45, 2.75) is 27.3 Å². The van der Waals surface area contributed by atoms with Gasteiger partial charge in [-0.2, -0.15) is 5.10 Å². The zero-order valence-electron chi connectivity index (χ0n) is 16.9. The van der Waals surface area contributed by atoms with Gasteiger partial charge in [0.15, 0.2) is 5.82 Å². The predicted octanol–water partition coefficient (Wildman–Crippen LogP) is 2.89. The van der Waals surface area contributed by atoms with Gasteiger partial charge in [-0.3, -0.25) is 14.3 Å². The van der Waals surface area contributed by atoms with E-state index in [4.69, 9.17) is 11.6 Å². The molecule has 0 saturated carbocycles. The van der Waals surface area contributed by atoms with Crippen molar-refractivity contribution in [1.29, 1.82) is 0 Å². The summed E-state index contributed by atoms with van der Waals surface area (Å²) in [5.41, 5.74) is 4.29. The van der Waals surface area contributed by atoms with Gasteiger partial charge >= 0.3 is 0 Å². The van der Waals surface area contributed by atoms with E-state index in [9.17, 15) is 9.59 Å². The molecule has 0 fully saturated rings. The normalized spacial score (nSPS) is 11.2. The molecule has 4 aromatic rings. The topological polar surface area (TPSA) is 97.1 Å². The highest BCUT2D eigenvalue weighted by Gasteiger charge is 2.13. The summed E-state index contributed by atoms with van der Waals surface area (Å²) in [7, 11) is 0. The first-order chi connectivity index (χ1) is 14.3. The molecule has 9 heteroatoms. The fraction of sp³-hybridized carbons (Fsp3) is 0.238. The van der Waals surface area contributed by atoms with Gasteiger partial charge in [0.25, 0.3) is 11.5 Å². The average Bonchev–Trinajstić information content (AvgIpc) is 3.29. The Morgan fingerprint density at radius 2 is 2.00 bits per heavy atom. The summed E-state index contributed by atoms with van der Waals surface area (Å²) in [6.07, 6.45) is 3.13. The number of halogens is 1. The van der Waals surface area contributed by atoms with E-state index in [1.807, 2.05) is 39.0 Å². The minimum atomic E-state index is -0.306. The molecule has 8 nitrogen and oxygen atoms in total. The molecule has 154 valence electrons. The Balaban J connectivity index is 1.54. The van der Waals surface area contributed by atoms with Crippen molar-refractivity contribution in [2.75, 3.05) is 6.54 Å². The van der Waals surface area contributed by atoms with Crippen LogP contribution in [-0.4, -0.2) is 36.8 Å². The number of hydrogen-bond donors (Lipinski definition) is 2. The van der Waals surface area contributed by atoms with Crippen molar-refractivity contribution in [3.8, 4) is 11.4 Å². The largest absolute Gasteiger partial charge is 0.350 e. The summed E-state index contributed by atoms with van der Waals surface area (Å²) >= 11 is 5.99. The Morgan fingerprint density at radius 1 is 1.20 bits per heavy atom. The number of aryl methyl sites for hydroxylation is 2. The predicted molar refractivity (Wildman–Crippen MR) is 115 cm³/mol. The second-order valence-corrected chi connectivity index (χ2v) is 7.62. The van der Waals surface area contributed by atoms with Crippen molar-refractivity contribution < 1.29 is 4.79 Å². The van der Waals surface area contributed by atoms with E-state index in [-0.39, 0.29) is 11.5 Å². The Labute approximate surface area is 177 Å². The van der Waals surface area contributed by atoms with Gasteiger partial charge in [-0.25, -0.2) is 4.52 Å². The fourth-order valence-electron chi connectivity index (χ4n) is 3.18. The third kappa shape index (κ3) is 3.73. The number of nitrogens with one attached hydrogen (secondary N) is 2. The maximum Gasteiger partial charge on any atom is 0.275 e. The van der Waals surface area contributed by atoms with Gasteiger partial charge in [0.05, 0.1) is 29.0 Å². The summed E-state index contributed by atoms with van der Waals surface area (Å²) in [5, 5.41) is 12.0. The van der Waals surface area contributed by atoms with Gasteiger partial charge < -0.3 is 10.3 Å². The van der Waals surface area contributed by atoms with Crippen LogP contribution in [0.25, 0.3) is 16.9 Å². The molecule has 4 rings (SSSR count). The molecular formula is C21H21ClN6O2. The monoisotopic (exact) mass is 424 g/mol. The lowest BCUT2D eigenvalue weighted by Crippen LogP contribution is -2.27. The smallest absolute Gasteiger partial charge is 0.275 e. The number of benzene rings is 1. The number of carbonyl (C=O) groups is 1. The van der Waals surface area contributed by atoms with Crippen molar-refractivity contribution in [2.24, 2.45) is 0 Å². The molecule has 3 aromatic heterocycles. The van der Waals surface area contributed by atoms with Gasteiger partial charge in [-0.1, -0.05) is 23.7 Å². The SMILES string of the molecule is Cc1ccc(-c2nn3cc(C(=O)NCCn4ncc(Cl)c4C)cc3c(=O)[nH]2)cc1C. The number of amides is 1. The van der Waals surface area contributed by atoms with Gasteiger partial charge in [-0.15, -0.1) is 5.10 Å². The Morgan fingerprint density at radius 3 is 2.70 bits per heavy atom. The van der Waals surface area contributed by atoms with Crippen LogP contribution in [0, 0.1) is 20.8 Å². The second-order valence-electron chi connectivity index (χ2n) is 7.22. The molecule has 2 N–H and O–H groups in total. The molecule has 0 radical (unpaired) electrons. The molecule has 1 amide bonds. The highest BCUT2D eigenvalue weighted by Crippen LogP contribution is 2.18. The van der Waals surface area contributed by atoms with E-state index in [0.29, 0.717) is 35.0 Å². The molecule has 0 aliphatic rings.